The van der Waals surface area contributed by atoms with E-state index in [9.17, 15) is 18.0 Å². The van der Waals surface area contributed by atoms with Gasteiger partial charge in [0.15, 0.2) is 5.82 Å². The summed E-state index contributed by atoms with van der Waals surface area (Å²) in [5.74, 6) is 0.308. The van der Waals surface area contributed by atoms with E-state index < -0.39 is 17.9 Å². The van der Waals surface area contributed by atoms with Crippen molar-refractivity contribution in [1.82, 2.24) is 14.9 Å². The van der Waals surface area contributed by atoms with Gasteiger partial charge < -0.3 is 4.90 Å². The highest BCUT2D eigenvalue weighted by atomic mass is 32.2. The van der Waals surface area contributed by atoms with Crippen molar-refractivity contribution >= 4 is 17.7 Å². The van der Waals surface area contributed by atoms with Crippen molar-refractivity contribution < 1.29 is 18.0 Å². The van der Waals surface area contributed by atoms with E-state index in [4.69, 9.17) is 0 Å². The third-order valence-electron chi connectivity index (χ3n) is 3.10. The first-order valence-electron chi connectivity index (χ1n) is 6.12. The van der Waals surface area contributed by atoms with E-state index in [1.807, 2.05) is 6.26 Å². The maximum absolute atomic E-state index is 12.7. The van der Waals surface area contributed by atoms with Crippen LogP contribution in [-0.4, -0.2) is 39.3 Å². The SMILES string of the molecule is CSCC(=O)N1CCCC1c1nccc(C(F)(F)F)n1. The number of rotatable bonds is 3. The van der Waals surface area contributed by atoms with Gasteiger partial charge in [0.2, 0.25) is 5.91 Å². The van der Waals surface area contributed by atoms with Gasteiger partial charge in [0.25, 0.3) is 0 Å². The monoisotopic (exact) mass is 305 g/mol. The second kappa shape index (κ2) is 5.99. The molecule has 0 saturated carbocycles. The summed E-state index contributed by atoms with van der Waals surface area (Å²) in [5.41, 5.74) is -0.966. The van der Waals surface area contributed by atoms with Crippen LogP contribution in [0.4, 0.5) is 13.2 Å². The number of aromatic nitrogens is 2. The van der Waals surface area contributed by atoms with Crippen molar-refractivity contribution in [3.63, 3.8) is 0 Å². The largest absolute Gasteiger partial charge is 0.433 e. The molecule has 0 aromatic carbocycles. The summed E-state index contributed by atoms with van der Waals surface area (Å²) in [6.45, 7) is 0.545. The van der Waals surface area contributed by atoms with E-state index in [-0.39, 0.29) is 11.7 Å². The number of amides is 1. The van der Waals surface area contributed by atoms with Crippen molar-refractivity contribution in [3.05, 3.63) is 23.8 Å². The Labute approximate surface area is 118 Å². The van der Waals surface area contributed by atoms with E-state index in [2.05, 4.69) is 9.97 Å². The molecule has 1 aliphatic rings. The van der Waals surface area contributed by atoms with Gasteiger partial charge in [-0.15, -0.1) is 0 Å². The Bertz CT molecular complexity index is 495. The van der Waals surface area contributed by atoms with Crippen LogP contribution in [-0.2, 0) is 11.0 Å². The summed E-state index contributed by atoms with van der Waals surface area (Å²) in [6.07, 6.45) is -0.235. The summed E-state index contributed by atoms with van der Waals surface area (Å²) in [6, 6.07) is 0.393. The lowest BCUT2D eigenvalue weighted by Gasteiger charge is -2.23. The highest BCUT2D eigenvalue weighted by Gasteiger charge is 2.36. The van der Waals surface area contributed by atoms with Crippen LogP contribution in [0.25, 0.3) is 0 Å². The van der Waals surface area contributed by atoms with Crippen LogP contribution in [0.1, 0.15) is 30.4 Å². The molecule has 1 aromatic heterocycles. The lowest BCUT2D eigenvalue weighted by atomic mass is 10.2. The molecule has 1 aromatic rings. The third-order valence-corrected chi connectivity index (χ3v) is 3.64. The van der Waals surface area contributed by atoms with Gasteiger partial charge >= 0.3 is 6.18 Å². The van der Waals surface area contributed by atoms with Crippen molar-refractivity contribution in [1.29, 1.82) is 0 Å². The Morgan fingerprint density at radius 3 is 2.95 bits per heavy atom. The Morgan fingerprint density at radius 1 is 1.55 bits per heavy atom. The predicted molar refractivity (Wildman–Crippen MR) is 69.1 cm³/mol. The average Bonchev–Trinajstić information content (AvgIpc) is 2.87. The topological polar surface area (TPSA) is 46.1 Å². The molecule has 2 rings (SSSR count). The van der Waals surface area contributed by atoms with E-state index in [1.165, 1.54) is 11.8 Å². The third kappa shape index (κ3) is 3.23. The lowest BCUT2D eigenvalue weighted by Crippen LogP contribution is -2.33. The van der Waals surface area contributed by atoms with Crippen LogP contribution in [0.2, 0.25) is 0 Å². The van der Waals surface area contributed by atoms with Crippen LogP contribution in [0.15, 0.2) is 12.3 Å². The van der Waals surface area contributed by atoms with Crippen LogP contribution < -0.4 is 0 Å². The van der Waals surface area contributed by atoms with E-state index in [1.54, 1.807) is 4.90 Å². The number of alkyl halides is 3. The van der Waals surface area contributed by atoms with Crippen molar-refractivity contribution in [2.45, 2.75) is 25.1 Å². The summed E-state index contributed by atoms with van der Waals surface area (Å²) in [7, 11) is 0. The number of halogens is 3. The Balaban J connectivity index is 2.24. The van der Waals surface area contributed by atoms with Gasteiger partial charge in [-0.3, -0.25) is 4.79 Å². The van der Waals surface area contributed by atoms with Crippen molar-refractivity contribution in [2.75, 3.05) is 18.6 Å². The molecule has 0 spiro atoms. The molecule has 1 unspecified atom stereocenters. The molecule has 2 heterocycles. The van der Waals surface area contributed by atoms with Crippen LogP contribution >= 0.6 is 11.8 Å². The fourth-order valence-corrected chi connectivity index (χ4v) is 2.65. The van der Waals surface area contributed by atoms with Gasteiger partial charge in [0.05, 0.1) is 11.8 Å². The molecule has 1 saturated heterocycles. The second-order valence-electron chi connectivity index (χ2n) is 4.48. The second-order valence-corrected chi connectivity index (χ2v) is 5.34. The number of nitrogens with zero attached hydrogens (tertiary/aromatic N) is 3. The zero-order valence-electron chi connectivity index (χ0n) is 10.9. The molecule has 4 nitrogen and oxygen atoms in total. The fraction of sp³-hybridized carbons (Fsp3) is 0.583. The molecule has 8 heteroatoms. The zero-order chi connectivity index (χ0) is 14.8. The van der Waals surface area contributed by atoms with E-state index in [0.717, 1.165) is 18.7 Å². The minimum absolute atomic E-state index is 0.0757. The molecule has 0 N–H and O–H groups in total. The first-order valence-corrected chi connectivity index (χ1v) is 7.51. The molecule has 0 aliphatic carbocycles. The molecule has 110 valence electrons. The Kier molecular flexibility index (Phi) is 4.52. The molecule has 1 amide bonds. The number of hydrogen-bond acceptors (Lipinski definition) is 4. The van der Waals surface area contributed by atoms with Crippen molar-refractivity contribution in [2.24, 2.45) is 0 Å². The highest BCUT2D eigenvalue weighted by Crippen LogP contribution is 2.32. The van der Waals surface area contributed by atoms with Gasteiger partial charge in [0, 0.05) is 12.7 Å². The molecule has 20 heavy (non-hydrogen) atoms. The van der Waals surface area contributed by atoms with Gasteiger partial charge in [-0.25, -0.2) is 9.97 Å². The van der Waals surface area contributed by atoms with Crippen molar-refractivity contribution in [3.8, 4) is 0 Å². The Hall–Kier alpha value is -1.31. The first-order chi connectivity index (χ1) is 9.43. The fourth-order valence-electron chi connectivity index (χ4n) is 2.23. The highest BCUT2D eigenvalue weighted by molar-refractivity contribution is 7.99. The normalized spacial score (nSPS) is 19.4. The van der Waals surface area contributed by atoms with Gasteiger partial charge in [0.1, 0.15) is 5.69 Å². The maximum atomic E-state index is 12.7. The predicted octanol–water partition coefficient (Wildman–Crippen LogP) is 2.52. The van der Waals surface area contributed by atoms with Crippen LogP contribution in [0.5, 0.6) is 0 Å². The number of carbonyl (C=O) groups is 1. The lowest BCUT2D eigenvalue weighted by molar-refractivity contribution is -0.141. The number of carbonyl (C=O) groups excluding carboxylic acids is 1. The smallest absolute Gasteiger partial charge is 0.332 e. The summed E-state index contributed by atoms with van der Waals surface area (Å²) < 4.78 is 38.0. The van der Waals surface area contributed by atoms with Crippen LogP contribution in [0, 0.1) is 0 Å². The van der Waals surface area contributed by atoms with E-state index in [0.29, 0.717) is 18.7 Å². The summed E-state index contributed by atoms with van der Waals surface area (Å²) in [4.78, 5) is 21.0. The Morgan fingerprint density at radius 2 is 2.30 bits per heavy atom. The minimum Gasteiger partial charge on any atom is -0.332 e. The van der Waals surface area contributed by atoms with Gasteiger partial charge in [-0.1, -0.05) is 0 Å². The van der Waals surface area contributed by atoms with Crippen LogP contribution in [0.3, 0.4) is 0 Å². The molecular weight excluding hydrogens is 291 g/mol. The number of likely N-dealkylation sites (tertiary alicyclic amines) is 1. The first kappa shape index (κ1) is 15.1. The average molecular weight is 305 g/mol. The van der Waals surface area contributed by atoms with E-state index >= 15 is 0 Å². The number of thioether (sulfide) groups is 1. The zero-order valence-corrected chi connectivity index (χ0v) is 11.7. The quantitative estimate of drug-likeness (QED) is 0.861. The molecular formula is C12H14F3N3OS. The molecule has 1 fully saturated rings. The summed E-state index contributed by atoms with van der Waals surface area (Å²) >= 11 is 1.39. The van der Waals surface area contributed by atoms with Gasteiger partial charge in [-0.2, -0.15) is 24.9 Å². The standard InChI is InChI=1S/C12H14F3N3OS/c1-20-7-10(19)18-6-2-3-8(18)11-16-5-4-9(17-11)12(13,14)15/h4-5,8H,2-3,6-7H2,1H3. The maximum Gasteiger partial charge on any atom is 0.433 e. The number of hydrogen-bond donors (Lipinski definition) is 0. The molecule has 1 atom stereocenters. The molecule has 1 aliphatic heterocycles. The van der Waals surface area contributed by atoms with Gasteiger partial charge in [-0.05, 0) is 25.2 Å². The molecule has 0 radical (unpaired) electrons. The summed E-state index contributed by atoms with van der Waals surface area (Å²) in [5, 5.41) is 0. The minimum atomic E-state index is -4.50. The molecule has 0 bridgehead atoms.